The molecule has 0 bridgehead atoms. The van der Waals surface area contributed by atoms with Gasteiger partial charge in [-0.1, -0.05) is 0 Å². The van der Waals surface area contributed by atoms with Crippen molar-refractivity contribution < 1.29 is 4.79 Å². The number of hydrogen-bond donors (Lipinski definition) is 0. The lowest BCUT2D eigenvalue weighted by Crippen LogP contribution is -1.99. The number of aromatic nitrogens is 2. The van der Waals surface area contributed by atoms with Crippen LogP contribution >= 0.6 is 0 Å². The standard InChI is InChI=1S/C12H9N3O/c1-9-11(8-16)7-14-15(9)12-4-2-10(6-13)3-5-12/h2-5,7-8H,1H3. The first-order valence-corrected chi connectivity index (χ1v) is 4.76. The third-order valence-electron chi connectivity index (χ3n) is 2.42. The summed E-state index contributed by atoms with van der Waals surface area (Å²) in [6, 6.07) is 9.09. The van der Waals surface area contributed by atoms with Gasteiger partial charge in [-0.3, -0.25) is 4.79 Å². The van der Waals surface area contributed by atoms with E-state index in [1.165, 1.54) is 6.20 Å². The van der Waals surface area contributed by atoms with E-state index in [2.05, 4.69) is 11.2 Å². The van der Waals surface area contributed by atoms with Gasteiger partial charge in [-0.2, -0.15) is 10.4 Å². The maximum atomic E-state index is 10.7. The fourth-order valence-electron chi connectivity index (χ4n) is 1.48. The molecule has 0 aliphatic heterocycles. The van der Waals surface area contributed by atoms with E-state index >= 15 is 0 Å². The van der Waals surface area contributed by atoms with Gasteiger partial charge < -0.3 is 0 Å². The van der Waals surface area contributed by atoms with Gasteiger partial charge in [0.05, 0.1) is 34.8 Å². The molecule has 16 heavy (non-hydrogen) atoms. The second kappa shape index (κ2) is 3.99. The van der Waals surface area contributed by atoms with Crippen LogP contribution in [0.25, 0.3) is 5.69 Å². The zero-order valence-electron chi connectivity index (χ0n) is 8.71. The van der Waals surface area contributed by atoms with E-state index in [1.807, 2.05) is 6.92 Å². The summed E-state index contributed by atoms with van der Waals surface area (Å²) in [5, 5.41) is 12.8. The smallest absolute Gasteiger partial charge is 0.153 e. The van der Waals surface area contributed by atoms with Gasteiger partial charge in [0.1, 0.15) is 0 Å². The first-order chi connectivity index (χ1) is 7.76. The van der Waals surface area contributed by atoms with Crippen LogP contribution < -0.4 is 0 Å². The number of rotatable bonds is 2. The number of carbonyl (C=O) groups excluding carboxylic acids is 1. The summed E-state index contributed by atoms with van der Waals surface area (Å²) in [4.78, 5) is 10.7. The molecule has 1 aromatic heterocycles. The van der Waals surface area contributed by atoms with Gasteiger partial charge in [-0.15, -0.1) is 0 Å². The summed E-state index contributed by atoms with van der Waals surface area (Å²) >= 11 is 0. The van der Waals surface area contributed by atoms with Crippen LogP contribution in [0, 0.1) is 18.3 Å². The maximum Gasteiger partial charge on any atom is 0.153 e. The summed E-state index contributed by atoms with van der Waals surface area (Å²) in [7, 11) is 0. The zero-order valence-corrected chi connectivity index (χ0v) is 8.71. The molecule has 4 heteroatoms. The molecule has 4 nitrogen and oxygen atoms in total. The summed E-state index contributed by atoms with van der Waals surface area (Å²) in [6.07, 6.45) is 2.31. The van der Waals surface area contributed by atoms with Crippen molar-refractivity contribution >= 4 is 6.29 Å². The summed E-state index contributed by atoms with van der Waals surface area (Å²) in [5.41, 5.74) is 2.80. The highest BCUT2D eigenvalue weighted by Crippen LogP contribution is 2.13. The van der Waals surface area contributed by atoms with Crippen LogP contribution in [0.4, 0.5) is 0 Å². The quantitative estimate of drug-likeness (QED) is 0.712. The van der Waals surface area contributed by atoms with Crippen LogP contribution in [-0.4, -0.2) is 16.1 Å². The Hall–Kier alpha value is -2.41. The highest BCUT2D eigenvalue weighted by molar-refractivity contribution is 5.76. The molecule has 0 saturated carbocycles. The SMILES string of the molecule is Cc1c(C=O)cnn1-c1ccc(C#N)cc1. The minimum Gasteiger partial charge on any atom is -0.298 e. The molecule has 0 radical (unpaired) electrons. The van der Waals surface area contributed by atoms with Crippen molar-refractivity contribution in [2.45, 2.75) is 6.92 Å². The van der Waals surface area contributed by atoms with Crippen LogP contribution in [0.15, 0.2) is 30.5 Å². The molecule has 0 saturated heterocycles. The fourth-order valence-corrected chi connectivity index (χ4v) is 1.48. The molecule has 78 valence electrons. The highest BCUT2D eigenvalue weighted by Gasteiger charge is 2.06. The Morgan fingerprint density at radius 1 is 1.38 bits per heavy atom. The molecular weight excluding hydrogens is 202 g/mol. The Morgan fingerprint density at radius 3 is 2.56 bits per heavy atom. The van der Waals surface area contributed by atoms with E-state index < -0.39 is 0 Å². The minimum absolute atomic E-state index is 0.573. The molecule has 0 aliphatic rings. The zero-order chi connectivity index (χ0) is 11.5. The van der Waals surface area contributed by atoms with E-state index in [9.17, 15) is 4.79 Å². The van der Waals surface area contributed by atoms with Crippen molar-refractivity contribution in [1.82, 2.24) is 9.78 Å². The first-order valence-electron chi connectivity index (χ1n) is 4.76. The number of hydrogen-bond acceptors (Lipinski definition) is 3. The predicted octanol–water partition coefficient (Wildman–Crippen LogP) is 1.86. The van der Waals surface area contributed by atoms with E-state index in [0.29, 0.717) is 11.1 Å². The lowest BCUT2D eigenvalue weighted by Gasteiger charge is -2.03. The van der Waals surface area contributed by atoms with Gasteiger partial charge in [0, 0.05) is 0 Å². The number of carbonyl (C=O) groups is 1. The van der Waals surface area contributed by atoms with Gasteiger partial charge in [0.25, 0.3) is 0 Å². The topological polar surface area (TPSA) is 58.7 Å². The Bertz CT molecular complexity index is 561. The summed E-state index contributed by atoms with van der Waals surface area (Å²) < 4.78 is 1.67. The molecule has 0 aliphatic carbocycles. The lowest BCUT2D eigenvalue weighted by atomic mass is 10.2. The molecular formula is C12H9N3O. The van der Waals surface area contributed by atoms with Crippen LogP contribution in [0.3, 0.4) is 0 Å². The third kappa shape index (κ3) is 1.59. The summed E-state index contributed by atoms with van der Waals surface area (Å²) in [6.45, 7) is 1.83. The van der Waals surface area contributed by atoms with E-state index in [-0.39, 0.29) is 0 Å². The second-order valence-corrected chi connectivity index (χ2v) is 3.37. The van der Waals surface area contributed by atoms with Crippen LogP contribution in [0.1, 0.15) is 21.6 Å². The molecule has 0 atom stereocenters. The molecule has 2 rings (SSSR count). The molecule has 1 aromatic carbocycles. The average Bonchev–Trinajstić information content (AvgIpc) is 2.70. The van der Waals surface area contributed by atoms with Crippen molar-refractivity contribution in [3.63, 3.8) is 0 Å². The van der Waals surface area contributed by atoms with E-state index in [4.69, 9.17) is 5.26 Å². The molecule has 0 unspecified atom stereocenters. The highest BCUT2D eigenvalue weighted by atomic mass is 16.1. The van der Waals surface area contributed by atoms with Crippen LogP contribution in [0.2, 0.25) is 0 Å². The maximum absolute atomic E-state index is 10.7. The average molecular weight is 211 g/mol. The van der Waals surface area contributed by atoms with Crippen LogP contribution in [0.5, 0.6) is 0 Å². The molecule has 0 amide bonds. The van der Waals surface area contributed by atoms with Gasteiger partial charge in [-0.05, 0) is 31.2 Å². The predicted molar refractivity (Wildman–Crippen MR) is 58.4 cm³/mol. The van der Waals surface area contributed by atoms with Gasteiger partial charge in [0.15, 0.2) is 6.29 Å². The number of nitriles is 1. The van der Waals surface area contributed by atoms with Gasteiger partial charge in [0.2, 0.25) is 0 Å². The van der Waals surface area contributed by atoms with Crippen molar-refractivity contribution in [3.05, 3.63) is 47.3 Å². The Kier molecular flexibility index (Phi) is 2.52. The normalized spacial score (nSPS) is 9.75. The Balaban J connectivity index is 2.47. The van der Waals surface area contributed by atoms with Gasteiger partial charge >= 0.3 is 0 Å². The molecule has 1 heterocycles. The number of nitrogens with zero attached hydrogens (tertiary/aromatic N) is 3. The Labute approximate surface area is 92.7 Å². The van der Waals surface area contributed by atoms with E-state index in [0.717, 1.165) is 17.7 Å². The van der Waals surface area contributed by atoms with Crippen molar-refractivity contribution in [1.29, 1.82) is 5.26 Å². The molecule has 0 N–H and O–H groups in total. The Morgan fingerprint density at radius 2 is 2.06 bits per heavy atom. The third-order valence-corrected chi connectivity index (χ3v) is 2.42. The summed E-state index contributed by atoms with van der Waals surface area (Å²) in [5.74, 6) is 0. The van der Waals surface area contributed by atoms with Crippen molar-refractivity contribution in [2.75, 3.05) is 0 Å². The molecule has 0 spiro atoms. The monoisotopic (exact) mass is 211 g/mol. The fraction of sp³-hybridized carbons (Fsp3) is 0.0833. The van der Waals surface area contributed by atoms with Crippen molar-refractivity contribution in [3.8, 4) is 11.8 Å². The minimum atomic E-state index is 0.573. The number of aldehydes is 1. The van der Waals surface area contributed by atoms with Crippen LogP contribution in [-0.2, 0) is 0 Å². The largest absolute Gasteiger partial charge is 0.298 e. The first kappa shape index (κ1) is 10.1. The van der Waals surface area contributed by atoms with Gasteiger partial charge in [-0.25, -0.2) is 4.68 Å². The van der Waals surface area contributed by atoms with E-state index in [1.54, 1.807) is 28.9 Å². The molecule has 2 aromatic rings. The second-order valence-electron chi connectivity index (χ2n) is 3.37. The lowest BCUT2D eigenvalue weighted by molar-refractivity contribution is 0.112. The molecule has 0 fully saturated rings. The number of benzene rings is 1. The van der Waals surface area contributed by atoms with Crippen molar-refractivity contribution in [2.24, 2.45) is 0 Å².